The molecule has 3 heterocycles. The van der Waals surface area contributed by atoms with Crippen LogP contribution >= 0.6 is 0 Å². The Kier molecular flexibility index (Phi) is 4.36. The van der Waals surface area contributed by atoms with Crippen molar-refractivity contribution < 1.29 is 22.8 Å². The van der Waals surface area contributed by atoms with Gasteiger partial charge in [-0.1, -0.05) is 0 Å². The van der Waals surface area contributed by atoms with Gasteiger partial charge in [0.15, 0.2) is 5.65 Å². The predicted octanol–water partition coefficient (Wildman–Crippen LogP) is 1.55. The number of halogens is 3. The van der Waals surface area contributed by atoms with Crippen molar-refractivity contribution in [2.24, 2.45) is 0 Å². The van der Waals surface area contributed by atoms with Crippen LogP contribution in [0, 0.1) is 6.92 Å². The van der Waals surface area contributed by atoms with Crippen LogP contribution in [0.5, 0.6) is 0 Å². The average molecular weight is 355 g/mol. The van der Waals surface area contributed by atoms with E-state index in [1.807, 2.05) is 5.32 Å². The monoisotopic (exact) mass is 355 g/mol. The highest BCUT2D eigenvalue weighted by molar-refractivity contribution is 6.00. The Morgan fingerprint density at radius 1 is 1.44 bits per heavy atom. The number of rotatable bonds is 3. The number of carbonyl (C=O) groups excluding carboxylic acids is 2. The number of nitrogens with zero attached hydrogens (tertiary/aromatic N) is 3. The summed E-state index contributed by atoms with van der Waals surface area (Å²) in [6.07, 6.45) is -2.25. The lowest BCUT2D eigenvalue weighted by molar-refractivity contribution is -0.140. The van der Waals surface area contributed by atoms with E-state index in [0.717, 1.165) is 5.69 Å². The van der Waals surface area contributed by atoms with E-state index in [0.29, 0.717) is 30.4 Å². The zero-order valence-electron chi connectivity index (χ0n) is 13.4. The topological polar surface area (TPSA) is 91.0 Å². The van der Waals surface area contributed by atoms with E-state index in [9.17, 15) is 22.8 Å². The number of hydrogen-bond donors (Lipinski definition) is 2. The minimum absolute atomic E-state index is 0.271. The van der Waals surface area contributed by atoms with Crippen molar-refractivity contribution in [3.05, 3.63) is 23.5 Å². The average Bonchev–Trinajstić information content (AvgIpc) is 3.18. The normalized spacial score (nSPS) is 17.9. The summed E-state index contributed by atoms with van der Waals surface area (Å²) in [6, 6.07) is 0.711. The van der Waals surface area contributed by atoms with Crippen LogP contribution in [0.25, 0.3) is 11.0 Å². The molecule has 1 aliphatic rings. The number of hydrogen-bond acceptors (Lipinski definition) is 4. The van der Waals surface area contributed by atoms with Gasteiger partial charge in [-0.25, -0.2) is 4.98 Å². The first kappa shape index (κ1) is 17.2. The summed E-state index contributed by atoms with van der Waals surface area (Å²) in [5.74, 6) is -1.23. The highest BCUT2D eigenvalue weighted by Crippen LogP contribution is 2.22. The van der Waals surface area contributed by atoms with Crippen LogP contribution in [-0.2, 0) is 4.79 Å². The van der Waals surface area contributed by atoms with Crippen LogP contribution in [0.3, 0.4) is 0 Å². The Labute approximate surface area is 140 Å². The summed E-state index contributed by atoms with van der Waals surface area (Å²) >= 11 is 0. The maximum atomic E-state index is 12.7. The summed E-state index contributed by atoms with van der Waals surface area (Å²) in [4.78, 5) is 30.1. The van der Waals surface area contributed by atoms with Crippen LogP contribution in [0.4, 0.5) is 13.2 Å². The molecule has 3 rings (SSSR count). The zero-order valence-corrected chi connectivity index (χ0v) is 13.4. The van der Waals surface area contributed by atoms with Crippen molar-refractivity contribution >= 4 is 22.8 Å². The lowest BCUT2D eigenvalue weighted by Gasteiger charge is -2.24. The molecule has 0 aromatic carbocycles. The number of likely N-dealkylation sites (tertiary alicyclic amines) is 1. The molecule has 10 heteroatoms. The van der Waals surface area contributed by atoms with Crippen LogP contribution in [-0.4, -0.2) is 57.2 Å². The fourth-order valence-corrected chi connectivity index (χ4v) is 2.89. The number of H-pyrrole nitrogens is 1. The fourth-order valence-electron chi connectivity index (χ4n) is 2.89. The molecular weight excluding hydrogens is 339 g/mol. The third-order valence-electron chi connectivity index (χ3n) is 4.13. The van der Waals surface area contributed by atoms with Crippen molar-refractivity contribution in [2.75, 3.05) is 13.1 Å². The van der Waals surface area contributed by atoms with Crippen LogP contribution in [0.2, 0.25) is 0 Å². The molecule has 1 saturated heterocycles. The van der Waals surface area contributed by atoms with Gasteiger partial charge in [-0.3, -0.25) is 14.7 Å². The standard InChI is InChI=1S/C15H16F3N5O2/c1-8-10-5-9(6-19-12(10)22-21-8)14(25)23-4-2-3-11(23)13(24)20-7-15(16,17)18/h5-6,11H,2-4,7H2,1H3,(H,20,24)(H,19,21,22). The summed E-state index contributed by atoms with van der Waals surface area (Å²) in [6.45, 7) is 0.686. The number of fused-ring (bicyclic) bond motifs is 1. The number of pyridine rings is 1. The largest absolute Gasteiger partial charge is 0.405 e. The molecule has 0 radical (unpaired) electrons. The van der Waals surface area contributed by atoms with Crippen molar-refractivity contribution in [1.29, 1.82) is 0 Å². The molecule has 1 aliphatic heterocycles. The molecule has 0 bridgehead atoms. The highest BCUT2D eigenvalue weighted by Gasteiger charge is 2.36. The molecule has 1 fully saturated rings. The Morgan fingerprint density at radius 3 is 2.92 bits per heavy atom. The maximum absolute atomic E-state index is 12.7. The van der Waals surface area contributed by atoms with E-state index in [-0.39, 0.29) is 5.56 Å². The Morgan fingerprint density at radius 2 is 2.20 bits per heavy atom. The molecule has 7 nitrogen and oxygen atoms in total. The van der Waals surface area contributed by atoms with E-state index < -0.39 is 30.6 Å². The molecule has 134 valence electrons. The third-order valence-corrected chi connectivity index (χ3v) is 4.13. The highest BCUT2D eigenvalue weighted by atomic mass is 19.4. The molecule has 1 unspecified atom stereocenters. The molecule has 0 aliphatic carbocycles. The smallest absolute Gasteiger partial charge is 0.345 e. The molecule has 1 atom stereocenters. The van der Waals surface area contributed by atoms with Gasteiger partial charge in [0.1, 0.15) is 12.6 Å². The Bertz CT molecular complexity index is 817. The number of amides is 2. The first-order chi connectivity index (χ1) is 11.8. The Hall–Kier alpha value is -2.65. The number of aromatic amines is 1. The second kappa shape index (κ2) is 6.34. The van der Waals surface area contributed by atoms with Crippen LogP contribution in [0.1, 0.15) is 28.9 Å². The quantitative estimate of drug-likeness (QED) is 0.874. The molecule has 0 spiro atoms. The zero-order chi connectivity index (χ0) is 18.2. The van der Waals surface area contributed by atoms with Gasteiger partial charge in [-0.15, -0.1) is 0 Å². The summed E-state index contributed by atoms with van der Waals surface area (Å²) < 4.78 is 36.8. The van der Waals surface area contributed by atoms with Gasteiger partial charge in [0, 0.05) is 23.8 Å². The minimum Gasteiger partial charge on any atom is -0.345 e. The van der Waals surface area contributed by atoms with Crippen molar-refractivity contribution in [3.8, 4) is 0 Å². The molecule has 2 N–H and O–H groups in total. The molecule has 2 aromatic rings. The maximum Gasteiger partial charge on any atom is 0.405 e. The van der Waals surface area contributed by atoms with E-state index in [1.165, 1.54) is 11.1 Å². The fraction of sp³-hybridized carbons (Fsp3) is 0.467. The van der Waals surface area contributed by atoms with Gasteiger partial charge < -0.3 is 10.2 Å². The molecule has 2 aromatic heterocycles. The first-order valence-electron chi connectivity index (χ1n) is 7.72. The molecule has 2 amide bonds. The predicted molar refractivity (Wildman–Crippen MR) is 81.7 cm³/mol. The van der Waals surface area contributed by atoms with Gasteiger partial charge in [-0.2, -0.15) is 18.3 Å². The summed E-state index contributed by atoms with van der Waals surface area (Å²) in [5, 5.41) is 9.27. The third kappa shape index (κ3) is 3.57. The van der Waals surface area contributed by atoms with Crippen molar-refractivity contribution in [3.63, 3.8) is 0 Å². The van der Waals surface area contributed by atoms with Crippen LogP contribution < -0.4 is 5.32 Å². The lowest BCUT2D eigenvalue weighted by atomic mass is 10.1. The number of aryl methyl sites for hydroxylation is 1. The summed E-state index contributed by atoms with van der Waals surface area (Å²) in [5.41, 5.74) is 1.49. The van der Waals surface area contributed by atoms with Gasteiger partial charge in [0.05, 0.1) is 5.56 Å². The van der Waals surface area contributed by atoms with Crippen LogP contribution in [0.15, 0.2) is 12.3 Å². The van der Waals surface area contributed by atoms with Gasteiger partial charge >= 0.3 is 6.18 Å². The minimum atomic E-state index is -4.49. The van der Waals surface area contributed by atoms with Gasteiger partial charge in [-0.05, 0) is 25.8 Å². The van der Waals surface area contributed by atoms with Gasteiger partial charge in [0.25, 0.3) is 5.91 Å². The number of aromatic nitrogens is 3. The van der Waals surface area contributed by atoms with E-state index in [4.69, 9.17) is 0 Å². The van der Waals surface area contributed by atoms with Gasteiger partial charge in [0.2, 0.25) is 5.91 Å². The molecule has 25 heavy (non-hydrogen) atoms. The lowest BCUT2D eigenvalue weighted by Crippen LogP contribution is -2.48. The van der Waals surface area contributed by atoms with E-state index >= 15 is 0 Å². The molecule has 0 saturated carbocycles. The number of alkyl halides is 3. The summed E-state index contributed by atoms with van der Waals surface area (Å²) in [7, 11) is 0. The second-order valence-corrected chi connectivity index (χ2v) is 5.93. The number of nitrogens with one attached hydrogen (secondary N) is 2. The van der Waals surface area contributed by atoms with Crippen molar-refractivity contribution in [1.82, 2.24) is 25.4 Å². The van der Waals surface area contributed by atoms with E-state index in [1.54, 1.807) is 13.0 Å². The molecular formula is C15H16F3N5O2. The Balaban J connectivity index is 1.77. The number of carbonyl (C=O) groups is 2. The van der Waals surface area contributed by atoms with E-state index in [2.05, 4.69) is 15.2 Å². The first-order valence-corrected chi connectivity index (χ1v) is 7.72. The second-order valence-electron chi connectivity index (χ2n) is 5.93. The SMILES string of the molecule is Cc1[nH]nc2ncc(C(=O)N3CCCC3C(=O)NCC(F)(F)F)cc12. The van der Waals surface area contributed by atoms with Crippen molar-refractivity contribution in [2.45, 2.75) is 32.0 Å².